The van der Waals surface area contributed by atoms with Crippen molar-refractivity contribution in [1.82, 2.24) is 9.71 Å². The average Bonchev–Trinajstić information content (AvgIpc) is 2.76. The second kappa shape index (κ2) is 5.87. The van der Waals surface area contributed by atoms with E-state index in [-0.39, 0.29) is 12.3 Å². The van der Waals surface area contributed by atoms with Gasteiger partial charge in [0.2, 0.25) is 10.0 Å². The van der Waals surface area contributed by atoms with Crippen LogP contribution in [0, 0.1) is 0 Å². The van der Waals surface area contributed by atoms with Crippen molar-refractivity contribution in [3.8, 4) is 0 Å². The Bertz CT molecular complexity index is 653. The predicted molar refractivity (Wildman–Crippen MR) is 77.4 cm³/mol. The number of nitrogens with two attached hydrogens (primary N) is 1. The number of aromatic nitrogens is 1. The number of sulfonamides is 1. The fraction of sp³-hybridized carbons (Fsp3) is 0.182. The molecule has 0 saturated carbocycles. The van der Waals surface area contributed by atoms with Crippen molar-refractivity contribution >= 4 is 38.1 Å². The van der Waals surface area contributed by atoms with E-state index in [0.717, 1.165) is 0 Å². The number of anilines is 1. The van der Waals surface area contributed by atoms with Gasteiger partial charge in [-0.15, -0.1) is 11.3 Å². The topological polar surface area (TPSA) is 85.1 Å². The molecule has 0 aliphatic rings. The minimum absolute atomic E-state index is 0.0935. The zero-order chi connectivity index (χ0) is 13.9. The lowest BCUT2D eigenvalue weighted by Crippen LogP contribution is -2.24. The highest BCUT2D eigenvalue weighted by molar-refractivity contribution is 7.88. The van der Waals surface area contributed by atoms with E-state index in [9.17, 15) is 8.42 Å². The van der Waals surface area contributed by atoms with Crippen LogP contribution in [-0.2, 0) is 22.3 Å². The summed E-state index contributed by atoms with van der Waals surface area (Å²) in [6, 6.07) is 6.69. The molecule has 0 aliphatic heterocycles. The fourth-order valence-electron chi connectivity index (χ4n) is 1.44. The van der Waals surface area contributed by atoms with Crippen LogP contribution in [0.25, 0.3) is 0 Å². The number of thiazole rings is 1. The number of nitrogens with one attached hydrogen (secondary N) is 1. The van der Waals surface area contributed by atoms with Crippen molar-refractivity contribution in [2.75, 3.05) is 5.73 Å². The summed E-state index contributed by atoms with van der Waals surface area (Å²) in [5.41, 5.74) is 6.76. The maximum Gasteiger partial charge on any atom is 0.216 e. The van der Waals surface area contributed by atoms with Crippen LogP contribution in [0.2, 0.25) is 5.02 Å². The van der Waals surface area contributed by atoms with Gasteiger partial charge in [0.15, 0.2) is 5.13 Å². The second-order valence-corrected chi connectivity index (χ2v) is 7.02. The standard InChI is InChI=1S/C11H12ClN3O2S2/c12-9-3-1-8(2-4-9)7-19(16,17)14-5-10-6-18-11(13)15-10/h1-4,6,14H,5,7H2,(H2,13,15). The van der Waals surface area contributed by atoms with Gasteiger partial charge in [-0.05, 0) is 17.7 Å². The van der Waals surface area contributed by atoms with Crippen molar-refractivity contribution < 1.29 is 8.42 Å². The third-order valence-corrected chi connectivity index (χ3v) is 4.58. The zero-order valence-corrected chi connectivity index (χ0v) is 12.2. The molecular formula is C11H12ClN3O2S2. The summed E-state index contributed by atoms with van der Waals surface area (Å²) in [6.45, 7) is 0.142. The first-order valence-corrected chi connectivity index (χ1v) is 8.27. The van der Waals surface area contributed by atoms with Gasteiger partial charge in [0, 0.05) is 10.4 Å². The molecule has 1 aromatic carbocycles. The first-order chi connectivity index (χ1) is 8.94. The minimum atomic E-state index is -3.41. The van der Waals surface area contributed by atoms with Gasteiger partial charge in [-0.25, -0.2) is 18.1 Å². The van der Waals surface area contributed by atoms with Crippen molar-refractivity contribution in [1.29, 1.82) is 0 Å². The Kier molecular flexibility index (Phi) is 4.41. The Balaban J connectivity index is 1.97. The number of benzene rings is 1. The lowest BCUT2D eigenvalue weighted by Gasteiger charge is -2.05. The van der Waals surface area contributed by atoms with Crippen LogP contribution in [0.4, 0.5) is 5.13 Å². The predicted octanol–water partition coefficient (Wildman–Crippen LogP) is 2.00. The van der Waals surface area contributed by atoms with E-state index in [1.807, 2.05) is 0 Å². The van der Waals surface area contributed by atoms with Crippen molar-refractivity contribution in [3.63, 3.8) is 0 Å². The molecule has 1 heterocycles. The molecule has 1 aromatic heterocycles. The summed E-state index contributed by atoms with van der Waals surface area (Å²) >= 11 is 7.02. The molecule has 5 nitrogen and oxygen atoms in total. The molecule has 0 fully saturated rings. The lowest BCUT2D eigenvalue weighted by atomic mass is 10.2. The van der Waals surface area contributed by atoms with Gasteiger partial charge in [0.1, 0.15) is 0 Å². The van der Waals surface area contributed by atoms with E-state index >= 15 is 0 Å². The van der Waals surface area contributed by atoms with Gasteiger partial charge in [-0.2, -0.15) is 0 Å². The molecule has 3 N–H and O–H groups in total. The number of hydrogen-bond acceptors (Lipinski definition) is 5. The molecular weight excluding hydrogens is 306 g/mol. The number of hydrogen-bond donors (Lipinski definition) is 2. The Morgan fingerprint density at radius 1 is 1.32 bits per heavy atom. The molecule has 0 amide bonds. The third kappa shape index (κ3) is 4.46. The summed E-state index contributed by atoms with van der Waals surface area (Å²) in [5.74, 6) is -0.0935. The highest BCUT2D eigenvalue weighted by atomic mass is 35.5. The van der Waals surface area contributed by atoms with Gasteiger partial charge < -0.3 is 5.73 Å². The van der Waals surface area contributed by atoms with Crippen molar-refractivity contribution in [2.24, 2.45) is 0 Å². The molecule has 0 unspecified atom stereocenters. The number of rotatable bonds is 5. The van der Waals surface area contributed by atoms with Crippen molar-refractivity contribution in [3.05, 3.63) is 45.9 Å². The van der Waals surface area contributed by atoms with Crippen LogP contribution in [0.1, 0.15) is 11.3 Å². The Morgan fingerprint density at radius 2 is 2.00 bits per heavy atom. The molecule has 19 heavy (non-hydrogen) atoms. The first kappa shape index (κ1) is 14.3. The van der Waals surface area contributed by atoms with Crippen LogP contribution in [0.15, 0.2) is 29.6 Å². The van der Waals surface area contributed by atoms with Crippen LogP contribution in [-0.4, -0.2) is 13.4 Å². The molecule has 0 saturated heterocycles. The summed E-state index contributed by atoms with van der Waals surface area (Å²) in [5, 5.41) is 2.72. The number of nitrogen functional groups attached to an aromatic ring is 1. The molecule has 0 radical (unpaired) electrons. The van der Waals surface area contributed by atoms with E-state index in [2.05, 4.69) is 9.71 Å². The van der Waals surface area contributed by atoms with E-state index in [1.165, 1.54) is 11.3 Å². The van der Waals surface area contributed by atoms with Crippen LogP contribution in [0.5, 0.6) is 0 Å². The van der Waals surface area contributed by atoms with Crippen LogP contribution in [0.3, 0.4) is 0 Å². The minimum Gasteiger partial charge on any atom is -0.375 e. The largest absolute Gasteiger partial charge is 0.375 e. The maximum atomic E-state index is 11.9. The molecule has 102 valence electrons. The van der Waals surface area contributed by atoms with Gasteiger partial charge >= 0.3 is 0 Å². The van der Waals surface area contributed by atoms with Gasteiger partial charge in [-0.1, -0.05) is 23.7 Å². The SMILES string of the molecule is Nc1nc(CNS(=O)(=O)Cc2ccc(Cl)cc2)cs1. The summed E-state index contributed by atoms with van der Waals surface area (Å²) in [6.07, 6.45) is 0. The average molecular weight is 318 g/mol. The molecule has 2 aromatic rings. The molecule has 0 spiro atoms. The van der Waals surface area contributed by atoms with Gasteiger partial charge in [0.05, 0.1) is 18.0 Å². The van der Waals surface area contributed by atoms with E-state index in [1.54, 1.807) is 29.6 Å². The zero-order valence-electron chi connectivity index (χ0n) is 9.84. The molecule has 0 aliphatic carbocycles. The monoisotopic (exact) mass is 317 g/mol. The summed E-state index contributed by atoms with van der Waals surface area (Å²) in [4.78, 5) is 3.98. The second-order valence-electron chi connectivity index (χ2n) is 3.88. The Morgan fingerprint density at radius 3 is 2.58 bits per heavy atom. The quantitative estimate of drug-likeness (QED) is 0.883. The third-order valence-electron chi connectivity index (χ3n) is 2.31. The highest BCUT2D eigenvalue weighted by Gasteiger charge is 2.12. The normalized spacial score (nSPS) is 11.6. The Hall–Kier alpha value is -1.15. The van der Waals surface area contributed by atoms with E-state index < -0.39 is 10.0 Å². The molecule has 0 atom stereocenters. The van der Waals surface area contributed by atoms with Crippen LogP contribution < -0.4 is 10.5 Å². The highest BCUT2D eigenvalue weighted by Crippen LogP contribution is 2.13. The smallest absolute Gasteiger partial charge is 0.216 e. The van der Waals surface area contributed by atoms with Gasteiger partial charge in [0.25, 0.3) is 0 Å². The van der Waals surface area contributed by atoms with Gasteiger partial charge in [-0.3, -0.25) is 0 Å². The maximum absolute atomic E-state index is 11.9. The fourth-order valence-corrected chi connectivity index (χ4v) is 3.23. The number of nitrogens with zero attached hydrogens (tertiary/aromatic N) is 1. The van der Waals surface area contributed by atoms with E-state index in [4.69, 9.17) is 17.3 Å². The first-order valence-electron chi connectivity index (χ1n) is 5.36. The molecule has 2 rings (SSSR count). The Labute approximate surface area is 120 Å². The molecule has 8 heteroatoms. The van der Waals surface area contributed by atoms with Crippen LogP contribution >= 0.6 is 22.9 Å². The number of halogens is 1. The molecule has 0 bridgehead atoms. The van der Waals surface area contributed by atoms with E-state index in [0.29, 0.717) is 21.4 Å². The summed E-state index contributed by atoms with van der Waals surface area (Å²) < 4.78 is 26.2. The lowest BCUT2D eigenvalue weighted by molar-refractivity contribution is 0.580. The summed E-state index contributed by atoms with van der Waals surface area (Å²) in [7, 11) is -3.41. The van der Waals surface area contributed by atoms with Crippen molar-refractivity contribution in [2.45, 2.75) is 12.3 Å².